The number of hydrogen-bond acceptors (Lipinski definition) is 2. The predicted molar refractivity (Wildman–Crippen MR) is 65.4 cm³/mol. The number of rotatable bonds is 1. The first-order valence-electron chi connectivity index (χ1n) is 7.37. The van der Waals surface area contributed by atoms with Gasteiger partial charge in [0.05, 0.1) is 0 Å². The summed E-state index contributed by atoms with van der Waals surface area (Å²) in [6, 6.07) is 0.603. The Morgan fingerprint density at radius 1 is 1.06 bits per heavy atom. The zero-order valence-electron chi connectivity index (χ0n) is 10.4. The van der Waals surface area contributed by atoms with Gasteiger partial charge in [0.1, 0.15) is 0 Å². The molecule has 2 aliphatic carbocycles. The Labute approximate surface area is 103 Å². The van der Waals surface area contributed by atoms with Gasteiger partial charge in [0.2, 0.25) is 5.91 Å². The minimum atomic E-state index is 0.434. The third-order valence-corrected chi connectivity index (χ3v) is 5.60. The molecule has 2 saturated heterocycles. The van der Waals surface area contributed by atoms with Crippen LogP contribution in [0.4, 0.5) is 0 Å². The number of hydrogen-bond donors (Lipinski definition) is 1. The van der Waals surface area contributed by atoms with Gasteiger partial charge in [-0.25, -0.2) is 0 Å². The van der Waals surface area contributed by atoms with Crippen LogP contribution in [0.2, 0.25) is 0 Å². The number of nitrogens with zero attached hydrogens (tertiary/aromatic N) is 1. The average molecular weight is 234 g/mol. The molecule has 3 nitrogen and oxygen atoms in total. The van der Waals surface area contributed by atoms with E-state index in [0.717, 1.165) is 37.4 Å². The highest BCUT2D eigenvalue weighted by Gasteiger charge is 2.58. The second kappa shape index (κ2) is 3.71. The lowest BCUT2D eigenvalue weighted by Crippen LogP contribution is -2.41. The number of carbonyl (C=O) groups excluding carboxylic acids is 1. The average Bonchev–Trinajstić information content (AvgIpc) is 2.77. The van der Waals surface area contributed by atoms with Gasteiger partial charge in [-0.2, -0.15) is 0 Å². The predicted octanol–water partition coefficient (Wildman–Crippen LogP) is 1.24. The van der Waals surface area contributed by atoms with E-state index >= 15 is 0 Å². The number of fused-ring (bicyclic) bond motifs is 2. The molecule has 1 N–H and O–H groups in total. The summed E-state index contributed by atoms with van der Waals surface area (Å²) in [5, 5.41) is 3.58. The van der Waals surface area contributed by atoms with E-state index < -0.39 is 0 Å². The van der Waals surface area contributed by atoms with E-state index in [4.69, 9.17) is 0 Å². The molecule has 17 heavy (non-hydrogen) atoms. The molecule has 0 aromatic carbocycles. The molecule has 2 saturated carbocycles. The lowest BCUT2D eigenvalue weighted by molar-refractivity contribution is -0.132. The molecule has 2 aliphatic heterocycles. The fraction of sp³-hybridized carbons (Fsp3) is 0.929. The molecule has 3 heteroatoms. The fourth-order valence-corrected chi connectivity index (χ4v) is 4.63. The van der Waals surface area contributed by atoms with Crippen molar-refractivity contribution in [3.8, 4) is 0 Å². The van der Waals surface area contributed by atoms with Gasteiger partial charge in [-0.05, 0) is 50.0 Å². The van der Waals surface area contributed by atoms with Crippen LogP contribution in [0.25, 0.3) is 0 Å². The van der Waals surface area contributed by atoms with Crippen LogP contribution in [0, 0.1) is 23.7 Å². The van der Waals surface area contributed by atoms with Crippen molar-refractivity contribution in [2.45, 2.75) is 38.1 Å². The molecule has 0 spiro atoms. The first kappa shape index (κ1) is 10.4. The van der Waals surface area contributed by atoms with Gasteiger partial charge in [0, 0.05) is 25.0 Å². The van der Waals surface area contributed by atoms with Crippen LogP contribution in [-0.2, 0) is 4.79 Å². The van der Waals surface area contributed by atoms with E-state index in [1.165, 1.54) is 32.1 Å². The van der Waals surface area contributed by atoms with E-state index in [2.05, 4.69) is 10.2 Å². The van der Waals surface area contributed by atoms with Gasteiger partial charge < -0.3 is 10.2 Å². The highest BCUT2D eigenvalue weighted by atomic mass is 16.2. The van der Waals surface area contributed by atoms with E-state index in [-0.39, 0.29) is 0 Å². The monoisotopic (exact) mass is 234 g/mol. The Morgan fingerprint density at radius 3 is 2.65 bits per heavy atom. The number of likely N-dealkylation sites (tertiary alicyclic amines) is 1. The van der Waals surface area contributed by atoms with Crippen molar-refractivity contribution >= 4 is 5.91 Å². The number of amides is 1. The van der Waals surface area contributed by atoms with Gasteiger partial charge in [0.25, 0.3) is 0 Å². The van der Waals surface area contributed by atoms with Gasteiger partial charge in [-0.3, -0.25) is 4.79 Å². The standard InChI is InChI=1S/C14H22N2O/c17-14(13-10-4-1-5-11(10)13)16-7-9-3-2-6-15-12(9)8-16/h9-13,15H,1-8H2. The third-order valence-electron chi connectivity index (χ3n) is 5.60. The summed E-state index contributed by atoms with van der Waals surface area (Å²) in [5.74, 6) is 3.22. The number of piperidine rings is 1. The zero-order valence-corrected chi connectivity index (χ0v) is 10.4. The van der Waals surface area contributed by atoms with Crippen LogP contribution in [0.3, 0.4) is 0 Å². The molecule has 4 rings (SSSR count). The smallest absolute Gasteiger partial charge is 0.226 e. The van der Waals surface area contributed by atoms with Crippen LogP contribution in [0.15, 0.2) is 0 Å². The molecule has 0 bridgehead atoms. The zero-order chi connectivity index (χ0) is 11.4. The largest absolute Gasteiger partial charge is 0.341 e. The summed E-state index contributed by atoms with van der Waals surface area (Å²) >= 11 is 0. The number of carbonyl (C=O) groups is 1. The van der Waals surface area contributed by atoms with E-state index in [1.807, 2.05) is 0 Å². The van der Waals surface area contributed by atoms with Gasteiger partial charge in [-0.15, -0.1) is 0 Å². The van der Waals surface area contributed by atoms with Crippen molar-refractivity contribution in [1.82, 2.24) is 10.2 Å². The molecule has 4 aliphatic rings. The fourth-order valence-electron chi connectivity index (χ4n) is 4.63. The normalized spacial score (nSPS) is 47.8. The summed E-state index contributed by atoms with van der Waals surface area (Å²) in [7, 11) is 0. The van der Waals surface area contributed by atoms with Crippen molar-refractivity contribution in [2.24, 2.45) is 23.7 Å². The van der Waals surface area contributed by atoms with Crippen LogP contribution in [-0.4, -0.2) is 36.5 Å². The molecule has 1 amide bonds. The van der Waals surface area contributed by atoms with Crippen molar-refractivity contribution < 1.29 is 4.79 Å². The lowest BCUT2D eigenvalue weighted by atomic mass is 9.94. The van der Waals surface area contributed by atoms with Gasteiger partial charge in [-0.1, -0.05) is 6.42 Å². The van der Waals surface area contributed by atoms with Crippen LogP contribution in [0.1, 0.15) is 32.1 Å². The first-order chi connectivity index (χ1) is 8.34. The van der Waals surface area contributed by atoms with Crippen LogP contribution >= 0.6 is 0 Å². The first-order valence-corrected chi connectivity index (χ1v) is 7.37. The van der Waals surface area contributed by atoms with Crippen LogP contribution < -0.4 is 5.32 Å². The summed E-state index contributed by atoms with van der Waals surface area (Å²) in [6.45, 7) is 3.17. The summed E-state index contributed by atoms with van der Waals surface area (Å²) < 4.78 is 0. The van der Waals surface area contributed by atoms with Crippen molar-refractivity contribution in [3.63, 3.8) is 0 Å². The molecule has 0 aromatic rings. The minimum absolute atomic E-state index is 0.434. The summed E-state index contributed by atoms with van der Waals surface area (Å²) in [4.78, 5) is 14.6. The Hall–Kier alpha value is -0.570. The van der Waals surface area contributed by atoms with Gasteiger partial charge >= 0.3 is 0 Å². The molecule has 4 atom stereocenters. The van der Waals surface area contributed by atoms with Crippen molar-refractivity contribution in [1.29, 1.82) is 0 Å². The molecule has 0 aromatic heterocycles. The van der Waals surface area contributed by atoms with E-state index in [0.29, 0.717) is 17.9 Å². The Balaban J connectivity index is 1.41. The highest BCUT2D eigenvalue weighted by molar-refractivity contribution is 5.83. The Kier molecular flexibility index (Phi) is 2.26. The highest BCUT2D eigenvalue weighted by Crippen LogP contribution is 2.58. The van der Waals surface area contributed by atoms with Crippen LogP contribution in [0.5, 0.6) is 0 Å². The van der Waals surface area contributed by atoms with Crippen molar-refractivity contribution in [2.75, 3.05) is 19.6 Å². The lowest BCUT2D eigenvalue weighted by Gasteiger charge is -2.24. The SMILES string of the molecule is O=C(C1C2CCCC21)N1CC2CCCNC2C1. The van der Waals surface area contributed by atoms with Crippen molar-refractivity contribution in [3.05, 3.63) is 0 Å². The Bertz CT molecular complexity index is 319. The molecular weight excluding hydrogens is 212 g/mol. The van der Waals surface area contributed by atoms with E-state index in [1.54, 1.807) is 0 Å². The van der Waals surface area contributed by atoms with E-state index in [9.17, 15) is 4.79 Å². The maximum Gasteiger partial charge on any atom is 0.226 e. The minimum Gasteiger partial charge on any atom is -0.341 e. The third kappa shape index (κ3) is 1.55. The maximum atomic E-state index is 12.5. The molecule has 94 valence electrons. The number of nitrogens with one attached hydrogen (secondary N) is 1. The Morgan fingerprint density at radius 2 is 1.88 bits per heavy atom. The molecule has 2 heterocycles. The maximum absolute atomic E-state index is 12.5. The molecular formula is C14H22N2O. The molecule has 0 radical (unpaired) electrons. The second-order valence-electron chi connectivity index (χ2n) is 6.49. The van der Waals surface area contributed by atoms with Gasteiger partial charge in [0.15, 0.2) is 0 Å². The molecule has 4 unspecified atom stereocenters. The topological polar surface area (TPSA) is 32.3 Å². The molecule has 4 fully saturated rings. The summed E-state index contributed by atoms with van der Waals surface area (Å²) in [5.41, 5.74) is 0. The summed E-state index contributed by atoms with van der Waals surface area (Å²) in [6.07, 6.45) is 6.61. The quantitative estimate of drug-likeness (QED) is 0.740. The second-order valence-corrected chi connectivity index (χ2v) is 6.49.